The van der Waals surface area contributed by atoms with Gasteiger partial charge in [-0.3, -0.25) is 9.59 Å². The highest BCUT2D eigenvalue weighted by Crippen LogP contribution is 2.26. The molecule has 7 nitrogen and oxygen atoms in total. The topological polar surface area (TPSA) is 95.6 Å². The molecule has 1 atom stereocenters. The molecule has 3 aromatic carbocycles. The van der Waals surface area contributed by atoms with Gasteiger partial charge in [0.15, 0.2) is 0 Å². The van der Waals surface area contributed by atoms with Gasteiger partial charge in [0.1, 0.15) is 6.04 Å². The van der Waals surface area contributed by atoms with Gasteiger partial charge in [0.2, 0.25) is 15.9 Å². The number of sulfonamides is 1. The van der Waals surface area contributed by atoms with Crippen LogP contribution in [0.15, 0.2) is 71.6 Å². The smallest absolute Gasteiger partial charge is 0.251 e. The predicted molar refractivity (Wildman–Crippen MR) is 149 cm³/mol. The minimum absolute atomic E-state index is 0.0335. The van der Waals surface area contributed by atoms with Gasteiger partial charge in [0.05, 0.1) is 14.9 Å². The average molecular weight is 595 g/mol. The lowest BCUT2D eigenvalue weighted by atomic mass is 10.1. The second kappa shape index (κ2) is 12.5. The SMILES string of the molecule is O=C(NCc1ccc(Cl)c(Cl)c1)c1ccc(CN([C@@H]2CCCCNC2=O)S(=O)(=O)c2ccc(Cl)cc2)cc1. The van der Waals surface area contributed by atoms with Crippen molar-refractivity contribution >= 4 is 56.6 Å². The van der Waals surface area contributed by atoms with E-state index in [9.17, 15) is 18.0 Å². The molecule has 11 heteroatoms. The van der Waals surface area contributed by atoms with Crippen LogP contribution in [0.2, 0.25) is 15.1 Å². The number of rotatable bonds is 8. The summed E-state index contributed by atoms with van der Waals surface area (Å²) in [4.78, 5) is 25.6. The minimum Gasteiger partial charge on any atom is -0.355 e. The molecule has 1 saturated heterocycles. The molecule has 1 fully saturated rings. The summed E-state index contributed by atoms with van der Waals surface area (Å²) >= 11 is 17.9. The Labute approximate surface area is 237 Å². The molecule has 2 amide bonds. The predicted octanol–water partition coefficient (Wildman–Crippen LogP) is 5.44. The third kappa shape index (κ3) is 6.87. The van der Waals surface area contributed by atoms with Crippen molar-refractivity contribution in [1.29, 1.82) is 0 Å². The van der Waals surface area contributed by atoms with Gasteiger partial charge in [0.25, 0.3) is 5.91 Å². The number of amides is 2. The molecule has 0 saturated carbocycles. The Balaban J connectivity index is 1.53. The first-order chi connectivity index (χ1) is 18.1. The summed E-state index contributed by atoms with van der Waals surface area (Å²) in [6.07, 6.45) is 1.91. The molecule has 0 aromatic heterocycles. The van der Waals surface area contributed by atoms with Crippen molar-refractivity contribution in [2.45, 2.75) is 43.3 Å². The van der Waals surface area contributed by atoms with Crippen LogP contribution in [0.3, 0.4) is 0 Å². The molecule has 200 valence electrons. The summed E-state index contributed by atoms with van der Waals surface area (Å²) in [5, 5.41) is 6.90. The summed E-state index contributed by atoms with van der Waals surface area (Å²) in [5.41, 5.74) is 1.85. The van der Waals surface area contributed by atoms with Crippen molar-refractivity contribution in [3.63, 3.8) is 0 Å². The van der Waals surface area contributed by atoms with E-state index in [0.29, 0.717) is 45.6 Å². The highest BCUT2D eigenvalue weighted by Gasteiger charge is 2.36. The number of hydrogen-bond donors (Lipinski definition) is 2. The third-order valence-electron chi connectivity index (χ3n) is 6.27. The molecular formula is C27H26Cl3N3O4S. The van der Waals surface area contributed by atoms with E-state index in [0.717, 1.165) is 12.0 Å². The highest BCUT2D eigenvalue weighted by molar-refractivity contribution is 7.89. The first-order valence-electron chi connectivity index (χ1n) is 12.0. The Hall–Kier alpha value is -2.62. The van der Waals surface area contributed by atoms with Gasteiger partial charge in [0, 0.05) is 30.2 Å². The van der Waals surface area contributed by atoms with Crippen LogP contribution in [-0.2, 0) is 27.9 Å². The van der Waals surface area contributed by atoms with Crippen LogP contribution in [0.4, 0.5) is 0 Å². The molecule has 4 rings (SSSR count). The van der Waals surface area contributed by atoms with Gasteiger partial charge in [-0.2, -0.15) is 4.31 Å². The number of carbonyl (C=O) groups is 2. The number of benzene rings is 3. The van der Waals surface area contributed by atoms with E-state index in [-0.39, 0.29) is 29.8 Å². The highest BCUT2D eigenvalue weighted by atomic mass is 35.5. The van der Waals surface area contributed by atoms with Crippen molar-refractivity contribution in [2.75, 3.05) is 6.54 Å². The molecule has 1 aliphatic heterocycles. The van der Waals surface area contributed by atoms with Gasteiger partial charge in [-0.1, -0.05) is 53.0 Å². The quantitative estimate of drug-likeness (QED) is 0.363. The number of nitrogens with zero attached hydrogens (tertiary/aromatic N) is 1. The molecule has 1 heterocycles. The van der Waals surface area contributed by atoms with Crippen LogP contribution in [0.1, 0.15) is 40.7 Å². The van der Waals surface area contributed by atoms with Crippen LogP contribution in [0.25, 0.3) is 0 Å². The maximum atomic E-state index is 13.7. The van der Waals surface area contributed by atoms with Crippen LogP contribution in [-0.4, -0.2) is 37.1 Å². The van der Waals surface area contributed by atoms with E-state index < -0.39 is 16.1 Å². The van der Waals surface area contributed by atoms with E-state index in [4.69, 9.17) is 34.8 Å². The second-order valence-electron chi connectivity index (χ2n) is 8.93. The Bertz CT molecular complexity index is 1410. The summed E-state index contributed by atoms with van der Waals surface area (Å²) in [6, 6.07) is 16.8. The molecule has 0 aliphatic carbocycles. The zero-order valence-corrected chi connectivity index (χ0v) is 23.4. The zero-order valence-electron chi connectivity index (χ0n) is 20.3. The summed E-state index contributed by atoms with van der Waals surface area (Å²) in [6.45, 7) is 0.742. The number of nitrogens with one attached hydrogen (secondary N) is 2. The van der Waals surface area contributed by atoms with Gasteiger partial charge in [-0.05, 0) is 78.9 Å². The van der Waals surface area contributed by atoms with Crippen LogP contribution in [0.5, 0.6) is 0 Å². The van der Waals surface area contributed by atoms with Crippen molar-refractivity contribution in [1.82, 2.24) is 14.9 Å². The van der Waals surface area contributed by atoms with Gasteiger partial charge < -0.3 is 10.6 Å². The van der Waals surface area contributed by atoms with Crippen LogP contribution >= 0.6 is 34.8 Å². The maximum absolute atomic E-state index is 13.7. The van der Waals surface area contributed by atoms with Crippen molar-refractivity contribution in [3.8, 4) is 0 Å². The molecule has 1 aliphatic rings. The summed E-state index contributed by atoms with van der Waals surface area (Å²) in [5.74, 6) is -0.616. The fraction of sp³-hybridized carbons (Fsp3) is 0.259. The average Bonchev–Trinajstić information content (AvgIpc) is 3.12. The Morgan fingerprint density at radius 2 is 1.61 bits per heavy atom. The Kier molecular flexibility index (Phi) is 9.33. The Morgan fingerprint density at radius 1 is 0.921 bits per heavy atom. The van der Waals surface area contributed by atoms with Crippen molar-refractivity contribution < 1.29 is 18.0 Å². The molecule has 2 N–H and O–H groups in total. The molecule has 0 radical (unpaired) electrons. The standard InChI is InChI=1S/C27H26Cl3N3O4S/c28-21-9-11-22(12-10-21)38(36,37)33(25-3-1-2-14-31-27(25)35)17-18-4-7-20(8-5-18)26(34)32-16-19-6-13-23(29)24(30)15-19/h4-13,15,25H,1-3,14,16-17H2,(H,31,35)(H,32,34)/t25-/m1/s1. The molecular weight excluding hydrogens is 569 g/mol. The number of hydrogen-bond acceptors (Lipinski definition) is 4. The maximum Gasteiger partial charge on any atom is 0.251 e. The summed E-state index contributed by atoms with van der Waals surface area (Å²) < 4.78 is 28.6. The van der Waals surface area contributed by atoms with E-state index >= 15 is 0 Å². The molecule has 0 unspecified atom stereocenters. The molecule has 3 aromatic rings. The second-order valence-corrected chi connectivity index (χ2v) is 12.1. The van der Waals surface area contributed by atoms with E-state index in [2.05, 4.69) is 10.6 Å². The number of halogens is 3. The fourth-order valence-corrected chi connectivity index (χ4v) is 6.23. The van der Waals surface area contributed by atoms with Gasteiger partial charge in [-0.25, -0.2) is 8.42 Å². The monoisotopic (exact) mass is 593 g/mol. The number of carbonyl (C=O) groups excluding carboxylic acids is 2. The molecule has 0 spiro atoms. The lowest BCUT2D eigenvalue weighted by molar-refractivity contribution is -0.124. The first kappa shape index (κ1) is 28.4. The van der Waals surface area contributed by atoms with E-state index in [1.54, 1.807) is 42.5 Å². The van der Waals surface area contributed by atoms with E-state index in [1.807, 2.05) is 0 Å². The largest absolute Gasteiger partial charge is 0.355 e. The molecule has 0 bridgehead atoms. The van der Waals surface area contributed by atoms with Crippen LogP contribution < -0.4 is 10.6 Å². The normalized spacial score (nSPS) is 16.1. The first-order valence-corrected chi connectivity index (χ1v) is 14.6. The van der Waals surface area contributed by atoms with Crippen molar-refractivity contribution in [2.24, 2.45) is 0 Å². The summed E-state index contributed by atoms with van der Waals surface area (Å²) in [7, 11) is -4.02. The van der Waals surface area contributed by atoms with Crippen molar-refractivity contribution in [3.05, 3.63) is 98.5 Å². The molecule has 38 heavy (non-hydrogen) atoms. The minimum atomic E-state index is -4.02. The van der Waals surface area contributed by atoms with Gasteiger partial charge in [-0.15, -0.1) is 0 Å². The zero-order chi connectivity index (χ0) is 27.3. The Morgan fingerprint density at radius 3 is 2.29 bits per heavy atom. The third-order valence-corrected chi connectivity index (χ3v) is 9.13. The van der Waals surface area contributed by atoms with E-state index in [1.165, 1.54) is 28.6 Å². The lowest BCUT2D eigenvalue weighted by Crippen LogP contribution is -2.48. The van der Waals surface area contributed by atoms with Crippen LogP contribution in [0, 0.1) is 0 Å². The van der Waals surface area contributed by atoms with Gasteiger partial charge >= 0.3 is 0 Å². The fourth-order valence-electron chi connectivity index (χ4n) is 4.18. The lowest BCUT2D eigenvalue weighted by Gasteiger charge is -2.29.